The van der Waals surface area contributed by atoms with E-state index in [4.69, 9.17) is 22.1 Å². The van der Waals surface area contributed by atoms with Gasteiger partial charge in [-0.15, -0.1) is 0 Å². The first-order valence-electron chi connectivity index (χ1n) is 7.95. The quantitative estimate of drug-likeness (QED) is 0.845. The summed E-state index contributed by atoms with van der Waals surface area (Å²) in [6.45, 7) is 3.94. The van der Waals surface area contributed by atoms with Crippen molar-refractivity contribution < 1.29 is 9.53 Å². The van der Waals surface area contributed by atoms with Gasteiger partial charge in [-0.05, 0) is 30.9 Å². The molecule has 0 spiro atoms. The second kappa shape index (κ2) is 7.95. The Morgan fingerprint density at radius 1 is 1.41 bits per heavy atom. The van der Waals surface area contributed by atoms with Crippen molar-refractivity contribution in [3.63, 3.8) is 0 Å². The van der Waals surface area contributed by atoms with Crippen LogP contribution in [-0.2, 0) is 14.9 Å². The first kappa shape index (κ1) is 17.3. The van der Waals surface area contributed by atoms with Crippen LogP contribution >= 0.6 is 11.6 Å². The highest BCUT2D eigenvalue weighted by Crippen LogP contribution is 2.38. The second-order valence-corrected chi connectivity index (χ2v) is 6.39. The van der Waals surface area contributed by atoms with E-state index < -0.39 is 6.04 Å². The maximum atomic E-state index is 12.1. The summed E-state index contributed by atoms with van der Waals surface area (Å²) in [7, 11) is 0. The lowest BCUT2D eigenvalue weighted by atomic mass is 9.74. The van der Waals surface area contributed by atoms with Gasteiger partial charge in [0.05, 0.1) is 6.04 Å². The minimum Gasteiger partial charge on any atom is -0.381 e. The highest BCUT2D eigenvalue weighted by Gasteiger charge is 2.36. The lowest BCUT2D eigenvalue weighted by molar-refractivity contribution is -0.123. The Kier molecular flexibility index (Phi) is 6.24. The van der Waals surface area contributed by atoms with Gasteiger partial charge < -0.3 is 15.8 Å². The van der Waals surface area contributed by atoms with Crippen LogP contribution in [0.3, 0.4) is 0 Å². The Bertz CT molecular complexity index is 501. The van der Waals surface area contributed by atoms with Gasteiger partial charge in [0.25, 0.3) is 0 Å². The molecule has 1 amide bonds. The Labute approximate surface area is 137 Å². The van der Waals surface area contributed by atoms with Crippen LogP contribution in [-0.4, -0.2) is 31.7 Å². The number of carbonyl (C=O) groups is 1. The molecular formula is C17H25ClN2O2. The first-order valence-corrected chi connectivity index (χ1v) is 8.33. The molecule has 0 radical (unpaired) electrons. The predicted octanol–water partition coefficient (Wildman–Crippen LogP) is 2.63. The molecule has 5 heteroatoms. The maximum Gasteiger partial charge on any atom is 0.236 e. The van der Waals surface area contributed by atoms with Crippen molar-refractivity contribution in [2.45, 2.75) is 44.1 Å². The van der Waals surface area contributed by atoms with Crippen molar-refractivity contribution in [1.82, 2.24) is 5.32 Å². The number of nitrogens with one attached hydrogen (secondary N) is 1. The number of ether oxygens (including phenoxy) is 1. The minimum absolute atomic E-state index is 0.0835. The summed E-state index contributed by atoms with van der Waals surface area (Å²) in [5.41, 5.74) is 6.81. The lowest BCUT2D eigenvalue weighted by Crippen LogP contribution is -2.49. The smallest absolute Gasteiger partial charge is 0.236 e. The fourth-order valence-electron chi connectivity index (χ4n) is 3.02. The largest absolute Gasteiger partial charge is 0.381 e. The molecule has 1 fully saturated rings. The van der Waals surface area contributed by atoms with Crippen LogP contribution in [0.25, 0.3) is 0 Å². The van der Waals surface area contributed by atoms with Crippen LogP contribution in [0.5, 0.6) is 0 Å². The number of amides is 1. The summed E-state index contributed by atoms with van der Waals surface area (Å²) < 4.78 is 5.50. The summed E-state index contributed by atoms with van der Waals surface area (Å²) in [5, 5.41) is 3.77. The number of hydrogen-bond acceptors (Lipinski definition) is 3. The zero-order chi connectivity index (χ0) is 16.0. The maximum absolute atomic E-state index is 12.1. The molecule has 0 saturated carbocycles. The topological polar surface area (TPSA) is 64.4 Å². The zero-order valence-corrected chi connectivity index (χ0v) is 13.9. The molecule has 1 aromatic carbocycles. The number of hydrogen-bond donors (Lipinski definition) is 2. The third-order valence-corrected chi connectivity index (χ3v) is 4.76. The Hall–Kier alpha value is -1.10. The highest BCUT2D eigenvalue weighted by atomic mass is 35.5. The number of halogens is 1. The minimum atomic E-state index is -0.437. The average Bonchev–Trinajstić information content (AvgIpc) is 2.54. The molecule has 1 atom stereocenters. The van der Waals surface area contributed by atoms with Gasteiger partial charge in [-0.2, -0.15) is 0 Å². The second-order valence-electron chi connectivity index (χ2n) is 5.99. The van der Waals surface area contributed by atoms with Crippen LogP contribution in [0, 0.1) is 0 Å². The summed E-state index contributed by atoms with van der Waals surface area (Å²) in [4.78, 5) is 12.1. The SMILES string of the molecule is CCCC(N)C(=O)NCC1(c2ccccc2Cl)CCOCC1. The van der Waals surface area contributed by atoms with Crippen molar-refractivity contribution in [3.8, 4) is 0 Å². The summed E-state index contributed by atoms with van der Waals surface area (Å²) >= 11 is 6.40. The molecule has 1 saturated heterocycles. The van der Waals surface area contributed by atoms with E-state index in [1.807, 2.05) is 31.2 Å². The standard InChI is InChI=1S/C17H25ClN2O2/c1-2-5-15(19)16(21)20-12-17(8-10-22-11-9-17)13-6-3-4-7-14(13)18/h3-4,6-7,15H,2,5,8-12,19H2,1H3,(H,20,21). The molecule has 0 aromatic heterocycles. The number of carbonyl (C=O) groups excluding carboxylic acids is 1. The third-order valence-electron chi connectivity index (χ3n) is 4.43. The van der Waals surface area contributed by atoms with E-state index in [0.29, 0.717) is 26.2 Å². The predicted molar refractivity (Wildman–Crippen MR) is 89.1 cm³/mol. The molecule has 2 rings (SSSR count). The molecule has 3 N–H and O–H groups in total. The molecule has 1 aliphatic rings. The molecule has 0 aliphatic carbocycles. The highest BCUT2D eigenvalue weighted by molar-refractivity contribution is 6.31. The van der Waals surface area contributed by atoms with Crippen LogP contribution in [0.1, 0.15) is 38.2 Å². The van der Waals surface area contributed by atoms with Gasteiger partial charge in [0, 0.05) is 30.2 Å². The van der Waals surface area contributed by atoms with Gasteiger partial charge in [-0.25, -0.2) is 0 Å². The number of benzene rings is 1. The molecule has 22 heavy (non-hydrogen) atoms. The Morgan fingerprint density at radius 3 is 2.73 bits per heavy atom. The van der Waals surface area contributed by atoms with E-state index in [2.05, 4.69) is 5.32 Å². The van der Waals surface area contributed by atoms with Crippen LogP contribution in [0.2, 0.25) is 5.02 Å². The van der Waals surface area contributed by atoms with E-state index in [-0.39, 0.29) is 11.3 Å². The van der Waals surface area contributed by atoms with Gasteiger partial charge in [0.1, 0.15) is 0 Å². The molecule has 122 valence electrons. The zero-order valence-electron chi connectivity index (χ0n) is 13.1. The Morgan fingerprint density at radius 2 is 2.09 bits per heavy atom. The summed E-state index contributed by atoms with van der Waals surface area (Å²) in [6.07, 6.45) is 3.30. The number of nitrogens with two attached hydrogens (primary N) is 1. The first-order chi connectivity index (χ1) is 10.6. The fourth-order valence-corrected chi connectivity index (χ4v) is 3.36. The van der Waals surface area contributed by atoms with Crippen molar-refractivity contribution in [2.24, 2.45) is 5.73 Å². The molecule has 1 aromatic rings. The van der Waals surface area contributed by atoms with Gasteiger partial charge in [0.2, 0.25) is 5.91 Å². The van der Waals surface area contributed by atoms with E-state index >= 15 is 0 Å². The van der Waals surface area contributed by atoms with Crippen LogP contribution < -0.4 is 11.1 Å². The van der Waals surface area contributed by atoms with Gasteiger partial charge in [-0.1, -0.05) is 43.1 Å². The summed E-state index contributed by atoms with van der Waals surface area (Å²) in [6, 6.07) is 7.43. The van der Waals surface area contributed by atoms with Crippen molar-refractivity contribution in [1.29, 1.82) is 0 Å². The fraction of sp³-hybridized carbons (Fsp3) is 0.588. The van der Waals surface area contributed by atoms with Crippen molar-refractivity contribution in [2.75, 3.05) is 19.8 Å². The van der Waals surface area contributed by atoms with Gasteiger partial charge in [-0.3, -0.25) is 4.79 Å². The van der Waals surface area contributed by atoms with Crippen molar-refractivity contribution >= 4 is 17.5 Å². The molecule has 4 nitrogen and oxygen atoms in total. The van der Waals surface area contributed by atoms with Gasteiger partial charge >= 0.3 is 0 Å². The average molecular weight is 325 g/mol. The molecular weight excluding hydrogens is 300 g/mol. The molecule has 1 aliphatic heterocycles. The van der Waals surface area contributed by atoms with E-state index in [1.165, 1.54) is 0 Å². The van der Waals surface area contributed by atoms with Gasteiger partial charge in [0.15, 0.2) is 0 Å². The monoisotopic (exact) mass is 324 g/mol. The number of rotatable bonds is 6. The Balaban J connectivity index is 2.13. The normalized spacial score (nSPS) is 18.7. The van der Waals surface area contributed by atoms with Crippen LogP contribution in [0.15, 0.2) is 24.3 Å². The van der Waals surface area contributed by atoms with E-state index in [1.54, 1.807) is 0 Å². The van der Waals surface area contributed by atoms with E-state index in [9.17, 15) is 4.79 Å². The van der Waals surface area contributed by atoms with E-state index in [0.717, 1.165) is 29.8 Å². The summed E-state index contributed by atoms with van der Waals surface area (Å²) in [5.74, 6) is -0.0835. The van der Waals surface area contributed by atoms with Crippen molar-refractivity contribution in [3.05, 3.63) is 34.9 Å². The third kappa shape index (κ3) is 4.00. The van der Waals surface area contributed by atoms with Crippen LogP contribution in [0.4, 0.5) is 0 Å². The molecule has 1 unspecified atom stereocenters. The molecule has 1 heterocycles. The lowest BCUT2D eigenvalue weighted by Gasteiger charge is -2.38. The molecule has 0 bridgehead atoms.